The number of aliphatic hydroxyl groups is 1. The molecule has 0 heterocycles. The van der Waals surface area contributed by atoms with Crippen LogP contribution in [0, 0.1) is 40.4 Å². The van der Waals surface area contributed by atoms with E-state index in [1.165, 1.54) is 19.3 Å². The minimum absolute atomic E-state index is 0.0476. The molecule has 0 spiro atoms. The summed E-state index contributed by atoms with van der Waals surface area (Å²) in [6.07, 6.45) is 11.3. The Kier molecular flexibility index (Phi) is 9.61. The Balaban J connectivity index is 1.67. The van der Waals surface area contributed by atoms with Crippen LogP contribution in [0.1, 0.15) is 97.8 Å². The maximum atomic E-state index is 14.0. The number of aliphatic hydroxyl groups excluding tert-OH is 1. The molecule has 0 aromatic carbocycles. The van der Waals surface area contributed by atoms with Crippen molar-refractivity contribution in [3.8, 4) is 0 Å². The second-order valence-corrected chi connectivity index (χ2v) is 12.0. The van der Waals surface area contributed by atoms with Gasteiger partial charge in [0.05, 0.1) is 12.0 Å². The van der Waals surface area contributed by atoms with Crippen LogP contribution < -0.4 is 0 Å². The van der Waals surface area contributed by atoms with Crippen molar-refractivity contribution < 1.29 is 29.3 Å². The van der Waals surface area contributed by atoms with Crippen molar-refractivity contribution in [2.45, 2.75) is 104 Å². The number of unbranched alkanes of at least 4 members (excludes halogenated alkanes) is 3. The van der Waals surface area contributed by atoms with Gasteiger partial charge in [-0.3, -0.25) is 9.59 Å². The number of Topliss-reactive ketones (excluding diaryl/α,β-unsaturated/α-hetero) is 1. The monoisotopic (exact) mass is 480 g/mol. The van der Waals surface area contributed by atoms with E-state index in [-0.39, 0.29) is 36.8 Å². The summed E-state index contributed by atoms with van der Waals surface area (Å²) in [6.45, 7) is 7.23. The minimum atomic E-state index is -0.798. The summed E-state index contributed by atoms with van der Waals surface area (Å²) in [5.41, 5.74) is -0.459. The van der Waals surface area contributed by atoms with Crippen LogP contribution in [-0.2, 0) is 19.1 Å². The predicted octanol–water partition coefficient (Wildman–Crippen LogP) is 5.46. The number of hydrogen-bond donors (Lipinski definition) is 2. The number of carbonyl (C=O) groups excluding carboxylic acids is 1. The Morgan fingerprint density at radius 2 is 1.71 bits per heavy atom. The van der Waals surface area contributed by atoms with Gasteiger partial charge in [0, 0.05) is 25.6 Å². The Morgan fingerprint density at radius 3 is 2.38 bits per heavy atom. The lowest BCUT2D eigenvalue weighted by Gasteiger charge is -2.52. The lowest BCUT2D eigenvalue weighted by molar-refractivity contribution is -0.167. The Bertz CT molecular complexity index is 694. The molecule has 3 rings (SSSR count). The summed E-state index contributed by atoms with van der Waals surface area (Å²) >= 11 is 0. The van der Waals surface area contributed by atoms with E-state index in [4.69, 9.17) is 14.6 Å². The lowest BCUT2D eigenvalue weighted by atomic mass is 9.51. The SMILES string of the molecule is COCO[C@H]1CC[C@](C)(C2CC[C@]3(C)[C@@H](C(C)CCCCCCO)CC[C@H]3C2=O)[C@@H](C(=O)O)C1. The number of carboxylic acid groups (broad SMARTS) is 1. The van der Waals surface area contributed by atoms with Crippen LogP contribution in [0.4, 0.5) is 0 Å². The van der Waals surface area contributed by atoms with Gasteiger partial charge in [0.15, 0.2) is 0 Å². The molecule has 0 aromatic heterocycles. The van der Waals surface area contributed by atoms with Crippen LogP contribution in [-0.4, -0.2) is 48.6 Å². The van der Waals surface area contributed by atoms with E-state index in [1.807, 2.05) is 0 Å². The largest absolute Gasteiger partial charge is 0.481 e. The zero-order valence-corrected chi connectivity index (χ0v) is 21.9. The Labute approximate surface area is 206 Å². The highest BCUT2D eigenvalue weighted by atomic mass is 16.7. The second kappa shape index (κ2) is 11.8. The van der Waals surface area contributed by atoms with Crippen molar-refractivity contribution in [2.75, 3.05) is 20.5 Å². The average Bonchev–Trinajstić information content (AvgIpc) is 3.16. The standard InChI is InChI=1S/C28H48O6/c1-19(9-7-5-6-8-16-29)21-10-11-22-25(30)23(13-15-27(21,22)2)28(3)14-12-20(34-18-33-4)17-24(28)26(31)32/h19-24,29H,5-18H2,1-4H3,(H,31,32)/t19?,20-,21+,22-,23?,24+,27+,28+/m0/s1. The fourth-order valence-electron chi connectivity index (χ4n) is 8.07. The topological polar surface area (TPSA) is 93.1 Å². The summed E-state index contributed by atoms with van der Waals surface area (Å²) in [7, 11) is 1.58. The van der Waals surface area contributed by atoms with Crippen molar-refractivity contribution in [2.24, 2.45) is 40.4 Å². The number of ketones is 1. The van der Waals surface area contributed by atoms with Gasteiger partial charge in [-0.2, -0.15) is 0 Å². The first-order valence-electron chi connectivity index (χ1n) is 13.7. The molecule has 0 bridgehead atoms. The van der Waals surface area contributed by atoms with E-state index >= 15 is 0 Å². The first kappa shape index (κ1) is 27.6. The van der Waals surface area contributed by atoms with Gasteiger partial charge < -0.3 is 19.7 Å². The van der Waals surface area contributed by atoms with Gasteiger partial charge in [-0.1, -0.05) is 46.5 Å². The first-order chi connectivity index (χ1) is 16.2. The van der Waals surface area contributed by atoms with Crippen LogP contribution >= 0.6 is 0 Å². The van der Waals surface area contributed by atoms with Crippen LogP contribution in [0.15, 0.2) is 0 Å². The van der Waals surface area contributed by atoms with Gasteiger partial charge >= 0.3 is 5.97 Å². The van der Waals surface area contributed by atoms with Crippen molar-refractivity contribution in [3.63, 3.8) is 0 Å². The highest BCUT2D eigenvalue weighted by Crippen LogP contribution is 2.62. The molecule has 2 unspecified atom stereocenters. The molecule has 0 amide bonds. The summed E-state index contributed by atoms with van der Waals surface area (Å²) < 4.78 is 10.7. The molecule has 3 saturated carbocycles. The lowest BCUT2D eigenvalue weighted by Crippen LogP contribution is -2.53. The number of carbonyl (C=O) groups is 2. The molecular formula is C28H48O6. The van der Waals surface area contributed by atoms with Crippen LogP contribution in [0.3, 0.4) is 0 Å². The van der Waals surface area contributed by atoms with Crippen molar-refractivity contribution in [1.29, 1.82) is 0 Å². The van der Waals surface area contributed by atoms with E-state index in [2.05, 4.69) is 20.8 Å². The highest BCUT2D eigenvalue weighted by Gasteiger charge is 2.60. The maximum absolute atomic E-state index is 14.0. The van der Waals surface area contributed by atoms with Gasteiger partial charge in [0.25, 0.3) is 0 Å². The number of rotatable bonds is 12. The summed E-state index contributed by atoms with van der Waals surface area (Å²) in [5.74, 6) is 0.0662. The molecular weight excluding hydrogens is 432 g/mol. The molecule has 0 saturated heterocycles. The molecule has 6 heteroatoms. The third-order valence-corrected chi connectivity index (χ3v) is 10.1. The normalized spacial score (nSPS) is 39.1. The van der Waals surface area contributed by atoms with Crippen LogP contribution in [0.5, 0.6) is 0 Å². The Morgan fingerprint density at radius 1 is 1.03 bits per heavy atom. The zero-order valence-electron chi connectivity index (χ0n) is 21.9. The van der Waals surface area contributed by atoms with Gasteiger partial charge in [-0.05, 0) is 74.0 Å². The predicted molar refractivity (Wildman–Crippen MR) is 131 cm³/mol. The Hall–Kier alpha value is -0.980. The quantitative estimate of drug-likeness (QED) is 0.285. The van der Waals surface area contributed by atoms with E-state index in [0.717, 1.165) is 44.9 Å². The molecule has 8 atom stereocenters. The summed E-state index contributed by atoms with van der Waals surface area (Å²) in [5, 5.41) is 19.1. The molecule has 196 valence electrons. The first-order valence-corrected chi connectivity index (χ1v) is 13.7. The van der Waals surface area contributed by atoms with E-state index < -0.39 is 17.3 Å². The number of carboxylic acids is 1. The maximum Gasteiger partial charge on any atom is 0.307 e. The molecule has 3 aliphatic rings. The third-order valence-electron chi connectivity index (χ3n) is 10.1. The molecule has 0 radical (unpaired) electrons. The van der Waals surface area contributed by atoms with Gasteiger partial charge in [0.1, 0.15) is 12.6 Å². The molecule has 0 aliphatic heterocycles. The molecule has 6 nitrogen and oxygen atoms in total. The van der Waals surface area contributed by atoms with Gasteiger partial charge in [0.2, 0.25) is 0 Å². The molecule has 0 aromatic rings. The van der Waals surface area contributed by atoms with Gasteiger partial charge in [-0.25, -0.2) is 0 Å². The molecule has 34 heavy (non-hydrogen) atoms. The number of hydrogen-bond acceptors (Lipinski definition) is 5. The van der Waals surface area contributed by atoms with Gasteiger partial charge in [-0.15, -0.1) is 0 Å². The summed E-state index contributed by atoms with van der Waals surface area (Å²) in [4.78, 5) is 26.3. The van der Waals surface area contributed by atoms with Crippen molar-refractivity contribution in [3.05, 3.63) is 0 Å². The number of ether oxygens (including phenoxy) is 2. The third kappa shape index (κ3) is 5.54. The molecule has 3 aliphatic carbocycles. The second-order valence-electron chi connectivity index (χ2n) is 12.0. The summed E-state index contributed by atoms with van der Waals surface area (Å²) in [6, 6.07) is 0. The van der Waals surface area contributed by atoms with Crippen molar-refractivity contribution >= 4 is 11.8 Å². The van der Waals surface area contributed by atoms with Crippen LogP contribution in [0.25, 0.3) is 0 Å². The zero-order chi connectivity index (χ0) is 24.9. The van der Waals surface area contributed by atoms with Crippen molar-refractivity contribution in [1.82, 2.24) is 0 Å². The number of aliphatic carboxylic acids is 1. The number of methoxy groups -OCH3 is 1. The van der Waals surface area contributed by atoms with E-state index in [9.17, 15) is 14.7 Å². The van der Waals surface area contributed by atoms with E-state index in [1.54, 1.807) is 7.11 Å². The number of fused-ring (bicyclic) bond motifs is 1. The molecule has 3 fully saturated rings. The highest BCUT2D eigenvalue weighted by molar-refractivity contribution is 5.87. The minimum Gasteiger partial charge on any atom is -0.481 e. The average molecular weight is 481 g/mol. The fourth-order valence-corrected chi connectivity index (χ4v) is 8.07. The smallest absolute Gasteiger partial charge is 0.307 e. The van der Waals surface area contributed by atoms with E-state index in [0.29, 0.717) is 30.5 Å². The fraction of sp³-hybridized carbons (Fsp3) is 0.929. The van der Waals surface area contributed by atoms with Crippen LogP contribution in [0.2, 0.25) is 0 Å². The molecule has 2 N–H and O–H groups in total.